The monoisotopic (exact) mass is 258 g/mol. The summed E-state index contributed by atoms with van der Waals surface area (Å²) in [5.41, 5.74) is 2.30. The van der Waals surface area contributed by atoms with Crippen LogP contribution in [-0.4, -0.2) is 5.11 Å². The van der Waals surface area contributed by atoms with Crippen molar-refractivity contribution in [3.05, 3.63) is 65.7 Å². The van der Waals surface area contributed by atoms with Crippen molar-refractivity contribution in [2.75, 3.05) is 0 Å². The van der Waals surface area contributed by atoms with Gasteiger partial charge in [0.25, 0.3) is 0 Å². The lowest BCUT2D eigenvalue weighted by Crippen LogP contribution is -1.92. The van der Waals surface area contributed by atoms with Crippen LogP contribution in [0.15, 0.2) is 59.5 Å². The number of aliphatic hydroxyl groups excluding tert-OH is 1. The van der Waals surface area contributed by atoms with Gasteiger partial charge in [0.2, 0.25) is 0 Å². The number of aliphatic hydroxyl groups is 1. The van der Waals surface area contributed by atoms with Gasteiger partial charge in [-0.15, -0.1) is 11.8 Å². The van der Waals surface area contributed by atoms with Gasteiger partial charge in [0.1, 0.15) is 0 Å². The van der Waals surface area contributed by atoms with E-state index in [0.717, 1.165) is 5.56 Å². The molecule has 1 nitrogen and oxygen atoms in total. The molecule has 0 bridgehead atoms. The molecule has 2 aromatic rings. The van der Waals surface area contributed by atoms with Crippen LogP contribution in [0.3, 0.4) is 0 Å². The van der Waals surface area contributed by atoms with Gasteiger partial charge in [0.15, 0.2) is 0 Å². The molecule has 0 spiro atoms. The van der Waals surface area contributed by atoms with Crippen LogP contribution in [0.4, 0.5) is 0 Å². The summed E-state index contributed by atoms with van der Waals surface area (Å²) in [6, 6.07) is 18.6. The molecule has 2 aromatic carbocycles. The first-order chi connectivity index (χ1) is 8.66. The molecular weight excluding hydrogens is 240 g/mol. The highest BCUT2D eigenvalue weighted by Crippen LogP contribution is 2.35. The Morgan fingerprint density at radius 3 is 2.22 bits per heavy atom. The Kier molecular flexibility index (Phi) is 4.45. The van der Waals surface area contributed by atoms with Crippen LogP contribution in [0.2, 0.25) is 0 Å². The fourth-order valence-electron chi connectivity index (χ4n) is 1.84. The second-order valence-electron chi connectivity index (χ2n) is 4.42. The number of benzene rings is 2. The predicted molar refractivity (Wildman–Crippen MR) is 77.8 cm³/mol. The highest BCUT2D eigenvalue weighted by Gasteiger charge is 2.08. The second-order valence-corrected chi connectivity index (χ2v) is 5.83. The van der Waals surface area contributed by atoms with Crippen LogP contribution in [0.25, 0.3) is 0 Å². The van der Waals surface area contributed by atoms with E-state index in [1.54, 1.807) is 6.92 Å². The summed E-state index contributed by atoms with van der Waals surface area (Å²) in [5, 5.41) is 10.0. The van der Waals surface area contributed by atoms with E-state index in [2.05, 4.69) is 43.3 Å². The Morgan fingerprint density at radius 1 is 0.889 bits per heavy atom. The molecule has 1 N–H and O–H groups in total. The third-order valence-electron chi connectivity index (χ3n) is 2.92. The molecule has 2 heteroatoms. The molecule has 0 aliphatic rings. The molecule has 0 radical (unpaired) electrons. The van der Waals surface area contributed by atoms with Crippen LogP contribution in [0, 0.1) is 0 Å². The predicted octanol–water partition coefficient (Wildman–Crippen LogP) is 4.59. The third-order valence-corrected chi connectivity index (χ3v) is 4.07. The first kappa shape index (κ1) is 13.2. The van der Waals surface area contributed by atoms with E-state index in [9.17, 15) is 5.11 Å². The van der Waals surface area contributed by atoms with Crippen LogP contribution in [0.1, 0.15) is 36.3 Å². The lowest BCUT2D eigenvalue weighted by molar-refractivity contribution is 0.199. The number of hydrogen-bond donors (Lipinski definition) is 1. The SMILES string of the molecule is CC(O)c1cccc(SC(C)c2ccccc2)c1. The van der Waals surface area contributed by atoms with Crippen molar-refractivity contribution in [1.29, 1.82) is 0 Å². The van der Waals surface area contributed by atoms with Crippen LogP contribution < -0.4 is 0 Å². The zero-order valence-corrected chi connectivity index (χ0v) is 11.5. The molecule has 18 heavy (non-hydrogen) atoms. The van der Waals surface area contributed by atoms with E-state index >= 15 is 0 Å². The van der Waals surface area contributed by atoms with Crippen molar-refractivity contribution < 1.29 is 5.11 Å². The van der Waals surface area contributed by atoms with Crippen molar-refractivity contribution in [3.63, 3.8) is 0 Å². The standard InChI is InChI=1S/C16H18OS/c1-12(17)15-9-6-10-16(11-15)18-13(2)14-7-4-3-5-8-14/h3-13,17H,1-2H3. The fourth-order valence-corrected chi connectivity index (χ4v) is 2.91. The minimum Gasteiger partial charge on any atom is -0.389 e. The molecule has 2 atom stereocenters. The lowest BCUT2D eigenvalue weighted by Gasteiger charge is -2.13. The Labute approximate surface area is 113 Å². The normalized spacial score (nSPS) is 14.2. The number of rotatable bonds is 4. The zero-order valence-electron chi connectivity index (χ0n) is 10.7. The Balaban J connectivity index is 2.12. The lowest BCUT2D eigenvalue weighted by atomic mass is 10.1. The van der Waals surface area contributed by atoms with Crippen molar-refractivity contribution in [2.45, 2.75) is 30.1 Å². The average molecular weight is 258 g/mol. The maximum Gasteiger partial charge on any atom is 0.0762 e. The van der Waals surface area contributed by atoms with Gasteiger partial charge in [-0.2, -0.15) is 0 Å². The summed E-state index contributed by atoms with van der Waals surface area (Å²) < 4.78 is 0. The van der Waals surface area contributed by atoms with Gasteiger partial charge >= 0.3 is 0 Å². The molecule has 0 aliphatic carbocycles. The summed E-state index contributed by atoms with van der Waals surface area (Å²) in [5.74, 6) is 0. The molecule has 0 amide bonds. The quantitative estimate of drug-likeness (QED) is 0.809. The van der Waals surface area contributed by atoms with Gasteiger partial charge in [-0.25, -0.2) is 0 Å². The van der Waals surface area contributed by atoms with Gasteiger partial charge in [-0.05, 0) is 37.1 Å². The first-order valence-electron chi connectivity index (χ1n) is 6.16. The molecule has 0 fully saturated rings. The maximum atomic E-state index is 9.59. The number of hydrogen-bond acceptors (Lipinski definition) is 2. The molecule has 0 aliphatic heterocycles. The van der Waals surface area contributed by atoms with E-state index in [1.165, 1.54) is 10.5 Å². The maximum absolute atomic E-state index is 9.59. The van der Waals surface area contributed by atoms with E-state index in [0.29, 0.717) is 5.25 Å². The van der Waals surface area contributed by atoms with E-state index in [4.69, 9.17) is 0 Å². The molecule has 2 rings (SSSR count). The van der Waals surface area contributed by atoms with Gasteiger partial charge < -0.3 is 5.11 Å². The van der Waals surface area contributed by atoms with Gasteiger partial charge in [0.05, 0.1) is 6.10 Å². The fraction of sp³-hybridized carbons (Fsp3) is 0.250. The van der Waals surface area contributed by atoms with Gasteiger partial charge in [0, 0.05) is 10.1 Å². The first-order valence-corrected chi connectivity index (χ1v) is 7.04. The Bertz CT molecular complexity index is 493. The minimum atomic E-state index is -0.405. The van der Waals surface area contributed by atoms with Crippen LogP contribution >= 0.6 is 11.8 Å². The Morgan fingerprint density at radius 2 is 1.56 bits per heavy atom. The van der Waals surface area contributed by atoms with E-state index in [-0.39, 0.29) is 0 Å². The van der Waals surface area contributed by atoms with Gasteiger partial charge in [-0.1, -0.05) is 42.5 Å². The largest absolute Gasteiger partial charge is 0.389 e. The highest BCUT2D eigenvalue weighted by atomic mass is 32.2. The minimum absolute atomic E-state index is 0.405. The zero-order chi connectivity index (χ0) is 13.0. The van der Waals surface area contributed by atoms with Crippen molar-refractivity contribution in [3.8, 4) is 0 Å². The molecule has 0 saturated carbocycles. The van der Waals surface area contributed by atoms with Crippen molar-refractivity contribution >= 4 is 11.8 Å². The molecular formula is C16H18OS. The molecule has 94 valence electrons. The van der Waals surface area contributed by atoms with Crippen LogP contribution in [0.5, 0.6) is 0 Å². The molecule has 0 saturated heterocycles. The van der Waals surface area contributed by atoms with Gasteiger partial charge in [-0.3, -0.25) is 0 Å². The van der Waals surface area contributed by atoms with Crippen molar-refractivity contribution in [2.24, 2.45) is 0 Å². The smallest absolute Gasteiger partial charge is 0.0762 e. The average Bonchev–Trinajstić information content (AvgIpc) is 2.40. The Hall–Kier alpha value is -1.25. The van der Waals surface area contributed by atoms with Crippen molar-refractivity contribution in [1.82, 2.24) is 0 Å². The van der Waals surface area contributed by atoms with E-state index in [1.807, 2.05) is 30.0 Å². The summed E-state index contributed by atoms with van der Waals surface area (Å²) in [4.78, 5) is 1.20. The third kappa shape index (κ3) is 3.37. The number of thioether (sulfide) groups is 1. The summed E-state index contributed by atoms with van der Waals surface area (Å²) in [6.07, 6.45) is -0.405. The second kappa shape index (κ2) is 6.07. The van der Waals surface area contributed by atoms with E-state index < -0.39 is 6.10 Å². The van der Waals surface area contributed by atoms with Crippen LogP contribution in [-0.2, 0) is 0 Å². The summed E-state index contributed by atoms with van der Waals surface area (Å²) in [6.45, 7) is 4.00. The topological polar surface area (TPSA) is 20.2 Å². The molecule has 0 aromatic heterocycles. The molecule has 2 unspecified atom stereocenters. The summed E-state index contributed by atoms with van der Waals surface area (Å²) in [7, 11) is 0. The highest BCUT2D eigenvalue weighted by molar-refractivity contribution is 7.99. The molecule has 0 heterocycles. The summed E-state index contributed by atoms with van der Waals surface area (Å²) >= 11 is 1.82.